The van der Waals surface area contributed by atoms with Gasteiger partial charge in [0.25, 0.3) is 0 Å². The molecule has 19 heavy (non-hydrogen) atoms. The molecule has 3 rings (SSSR count). The summed E-state index contributed by atoms with van der Waals surface area (Å²) >= 11 is 0. The molecule has 0 bridgehead atoms. The number of benzene rings is 2. The Balaban J connectivity index is 1.90. The van der Waals surface area contributed by atoms with Gasteiger partial charge in [0, 0.05) is 11.8 Å². The van der Waals surface area contributed by atoms with Crippen LogP contribution in [0.3, 0.4) is 0 Å². The number of rotatable bonds is 3. The maximum Gasteiger partial charge on any atom is 0.137 e. The minimum atomic E-state index is 0.586. The summed E-state index contributed by atoms with van der Waals surface area (Å²) in [5.74, 6) is 0.586. The molecule has 3 aromatic rings. The molecule has 0 unspecified atom stereocenters. The molecule has 0 aliphatic carbocycles. The molecular weight excluding hydrogens is 232 g/mol. The van der Waals surface area contributed by atoms with Gasteiger partial charge in [-0.2, -0.15) is 0 Å². The van der Waals surface area contributed by atoms with Crippen molar-refractivity contribution in [2.24, 2.45) is 0 Å². The Morgan fingerprint density at radius 3 is 2.47 bits per heavy atom. The van der Waals surface area contributed by atoms with E-state index in [1.165, 1.54) is 22.1 Å². The molecule has 0 spiro atoms. The summed E-state index contributed by atoms with van der Waals surface area (Å²) in [5, 5.41) is 1.18. The topological polar surface area (TPSA) is 13.1 Å². The highest BCUT2D eigenvalue weighted by Crippen LogP contribution is 2.23. The molecule has 1 heterocycles. The van der Waals surface area contributed by atoms with Gasteiger partial charge in [-0.3, -0.25) is 0 Å². The fourth-order valence-corrected chi connectivity index (χ4v) is 2.43. The zero-order valence-corrected chi connectivity index (χ0v) is 11.4. The van der Waals surface area contributed by atoms with E-state index >= 15 is 0 Å². The fourth-order valence-electron chi connectivity index (χ4n) is 2.43. The number of para-hydroxylation sites is 1. The van der Waals surface area contributed by atoms with Gasteiger partial charge in [0.05, 0.1) is 6.26 Å². The second kappa shape index (κ2) is 4.93. The third kappa shape index (κ3) is 2.41. The molecule has 2 aromatic carbocycles. The average Bonchev–Trinajstić information content (AvgIpc) is 2.89. The van der Waals surface area contributed by atoms with Crippen molar-refractivity contribution in [2.45, 2.75) is 26.2 Å². The largest absolute Gasteiger partial charge is 0.464 e. The Kier molecular flexibility index (Phi) is 3.12. The van der Waals surface area contributed by atoms with Gasteiger partial charge in [-0.1, -0.05) is 56.3 Å². The van der Waals surface area contributed by atoms with E-state index < -0.39 is 0 Å². The summed E-state index contributed by atoms with van der Waals surface area (Å²) in [7, 11) is 0. The van der Waals surface area contributed by atoms with Gasteiger partial charge in [-0.15, -0.1) is 0 Å². The smallest absolute Gasteiger partial charge is 0.137 e. The monoisotopic (exact) mass is 250 g/mol. The fraction of sp³-hybridized carbons (Fsp3) is 0.222. The van der Waals surface area contributed by atoms with Gasteiger partial charge in [0.2, 0.25) is 0 Å². The van der Waals surface area contributed by atoms with Crippen LogP contribution in [0.5, 0.6) is 0 Å². The predicted molar refractivity (Wildman–Crippen MR) is 79.6 cm³/mol. The molecule has 1 aromatic heterocycles. The molecule has 1 heteroatoms. The standard InChI is InChI=1S/C18H18O/c1-13(2)15-8-6-14(7-9-15)12-17-5-3-4-16-10-11-19-18(16)17/h3-11,13H,12H2,1-2H3. The van der Waals surface area contributed by atoms with Gasteiger partial charge < -0.3 is 4.42 Å². The molecule has 0 saturated carbocycles. The van der Waals surface area contributed by atoms with Gasteiger partial charge in [-0.05, 0) is 28.7 Å². The Labute approximate surface area is 113 Å². The van der Waals surface area contributed by atoms with Gasteiger partial charge >= 0.3 is 0 Å². The Hall–Kier alpha value is -2.02. The number of hydrogen-bond acceptors (Lipinski definition) is 1. The van der Waals surface area contributed by atoms with E-state index in [2.05, 4.69) is 56.3 Å². The van der Waals surface area contributed by atoms with Crippen molar-refractivity contribution in [1.82, 2.24) is 0 Å². The molecule has 0 aliphatic rings. The molecule has 0 fully saturated rings. The van der Waals surface area contributed by atoms with Gasteiger partial charge in [0.15, 0.2) is 0 Å². The molecule has 0 radical (unpaired) electrons. The molecule has 0 N–H and O–H groups in total. The molecule has 0 amide bonds. The lowest BCUT2D eigenvalue weighted by molar-refractivity contribution is 0.612. The van der Waals surface area contributed by atoms with Crippen LogP contribution in [0.25, 0.3) is 11.0 Å². The lowest BCUT2D eigenvalue weighted by atomic mass is 9.98. The summed E-state index contributed by atoms with van der Waals surface area (Å²) < 4.78 is 5.58. The highest BCUT2D eigenvalue weighted by Gasteiger charge is 2.05. The van der Waals surface area contributed by atoms with Crippen LogP contribution in [-0.2, 0) is 6.42 Å². The Morgan fingerprint density at radius 1 is 0.947 bits per heavy atom. The van der Waals surface area contributed by atoms with Crippen LogP contribution in [0, 0.1) is 0 Å². The predicted octanol–water partition coefficient (Wildman–Crippen LogP) is 5.15. The molecule has 0 aliphatic heterocycles. The second-order valence-electron chi connectivity index (χ2n) is 5.33. The quantitative estimate of drug-likeness (QED) is 0.626. The summed E-state index contributed by atoms with van der Waals surface area (Å²) in [5.41, 5.74) is 4.98. The zero-order chi connectivity index (χ0) is 13.2. The van der Waals surface area contributed by atoms with E-state index in [9.17, 15) is 0 Å². The summed E-state index contributed by atoms with van der Waals surface area (Å²) in [6.45, 7) is 4.44. The highest BCUT2D eigenvalue weighted by molar-refractivity contribution is 5.80. The summed E-state index contributed by atoms with van der Waals surface area (Å²) in [6.07, 6.45) is 2.68. The van der Waals surface area contributed by atoms with E-state index in [4.69, 9.17) is 4.42 Å². The summed E-state index contributed by atoms with van der Waals surface area (Å²) in [6, 6.07) is 17.2. The normalized spacial score (nSPS) is 11.3. The maximum atomic E-state index is 5.58. The van der Waals surface area contributed by atoms with Crippen LogP contribution < -0.4 is 0 Å². The first kappa shape index (κ1) is 12.0. The minimum absolute atomic E-state index is 0.586. The van der Waals surface area contributed by atoms with Gasteiger partial charge in [-0.25, -0.2) is 0 Å². The first-order valence-electron chi connectivity index (χ1n) is 6.78. The van der Waals surface area contributed by atoms with E-state index in [-0.39, 0.29) is 0 Å². The molecular formula is C18H18O. The molecule has 0 atom stereocenters. The van der Waals surface area contributed by atoms with Crippen LogP contribution in [-0.4, -0.2) is 0 Å². The van der Waals surface area contributed by atoms with Crippen LogP contribution in [0.1, 0.15) is 36.5 Å². The van der Waals surface area contributed by atoms with Crippen molar-refractivity contribution in [3.05, 3.63) is 71.5 Å². The van der Waals surface area contributed by atoms with E-state index in [0.29, 0.717) is 5.92 Å². The Bertz CT molecular complexity index is 674. The maximum absolute atomic E-state index is 5.58. The SMILES string of the molecule is CC(C)c1ccc(Cc2cccc3ccoc23)cc1. The van der Waals surface area contributed by atoms with Crippen LogP contribution in [0.15, 0.2) is 59.2 Å². The first-order chi connectivity index (χ1) is 9.24. The van der Waals surface area contributed by atoms with Crippen molar-refractivity contribution >= 4 is 11.0 Å². The number of furan rings is 1. The van der Waals surface area contributed by atoms with Gasteiger partial charge in [0.1, 0.15) is 5.58 Å². The van der Waals surface area contributed by atoms with Crippen molar-refractivity contribution < 1.29 is 4.42 Å². The van der Waals surface area contributed by atoms with Crippen molar-refractivity contribution in [2.75, 3.05) is 0 Å². The summed E-state index contributed by atoms with van der Waals surface area (Å²) in [4.78, 5) is 0. The number of hydrogen-bond donors (Lipinski definition) is 0. The van der Waals surface area contributed by atoms with Crippen LogP contribution in [0.2, 0.25) is 0 Å². The van der Waals surface area contributed by atoms with Crippen molar-refractivity contribution in [1.29, 1.82) is 0 Å². The van der Waals surface area contributed by atoms with Crippen molar-refractivity contribution in [3.8, 4) is 0 Å². The van der Waals surface area contributed by atoms with Crippen LogP contribution in [0.4, 0.5) is 0 Å². The van der Waals surface area contributed by atoms with Crippen LogP contribution >= 0.6 is 0 Å². The van der Waals surface area contributed by atoms with E-state index in [1.54, 1.807) is 6.26 Å². The zero-order valence-electron chi connectivity index (χ0n) is 11.4. The molecule has 96 valence electrons. The van der Waals surface area contributed by atoms with E-state index in [0.717, 1.165) is 12.0 Å². The molecule has 0 saturated heterocycles. The number of fused-ring (bicyclic) bond motifs is 1. The lowest BCUT2D eigenvalue weighted by Gasteiger charge is -2.07. The highest BCUT2D eigenvalue weighted by atomic mass is 16.3. The van der Waals surface area contributed by atoms with Crippen molar-refractivity contribution in [3.63, 3.8) is 0 Å². The lowest BCUT2D eigenvalue weighted by Crippen LogP contribution is -1.91. The molecule has 1 nitrogen and oxygen atoms in total. The average molecular weight is 250 g/mol. The Morgan fingerprint density at radius 2 is 1.74 bits per heavy atom. The minimum Gasteiger partial charge on any atom is -0.464 e. The third-order valence-electron chi connectivity index (χ3n) is 3.60. The van der Waals surface area contributed by atoms with E-state index in [1.807, 2.05) is 6.07 Å². The second-order valence-corrected chi connectivity index (χ2v) is 5.33. The third-order valence-corrected chi connectivity index (χ3v) is 3.60. The first-order valence-corrected chi connectivity index (χ1v) is 6.78.